The quantitative estimate of drug-likeness (QED) is 0.651. The van der Waals surface area contributed by atoms with Crippen molar-refractivity contribution in [2.45, 2.75) is 13.2 Å². The Hall–Kier alpha value is -3.07. The lowest BCUT2D eigenvalue weighted by molar-refractivity contribution is 0.214. The van der Waals surface area contributed by atoms with Gasteiger partial charge in [-0.3, -0.25) is 4.90 Å². The number of aromatic nitrogens is 4. The molecule has 1 aliphatic rings. The summed E-state index contributed by atoms with van der Waals surface area (Å²) in [6.45, 7) is 4.18. The van der Waals surface area contributed by atoms with Crippen LogP contribution in [0.4, 0.5) is 10.3 Å². The maximum atomic E-state index is 12.9. The van der Waals surface area contributed by atoms with Crippen molar-refractivity contribution < 1.29 is 13.7 Å². The summed E-state index contributed by atoms with van der Waals surface area (Å²) in [5, 5.41) is 3.93. The zero-order valence-corrected chi connectivity index (χ0v) is 14.7. The molecular formula is C18H19FN6O2. The van der Waals surface area contributed by atoms with Crippen molar-refractivity contribution in [2.75, 3.05) is 31.1 Å². The third kappa shape index (κ3) is 4.56. The molecule has 2 aromatic heterocycles. The second-order valence-corrected chi connectivity index (χ2v) is 6.16. The van der Waals surface area contributed by atoms with E-state index in [1.807, 2.05) is 6.07 Å². The number of hydrogen-bond acceptors (Lipinski definition) is 8. The van der Waals surface area contributed by atoms with Crippen molar-refractivity contribution in [1.29, 1.82) is 0 Å². The van der Waals surface area contributed by atoms with Gasteiger partial charge in [0.1, 0.15) is 11.6 Å². The normalized spacial score (nSPS) is 15.1. The molecule has 1 aromatic carbocycles. The van der Waals surface area contributed by atoms with E-state index in [4.69, 9.17) is 9.26 Å². The topological polar surface area (TPSA) is 80.4 Å². The molecular weight excluding hydrogens is 351 g/mol. The number of rotatable bonds is 6. The molecule has 1 aliphatic heterocycles. The number of piperazine rings is 1. The van der Waals surface area contributed by atoms with Crippen LogP contribution in [0, 0.1) is 5.82 Å². The first-order chi connectivity index (χ1) is 13.3. The Kier molecular flexibility index (Phi) is 5.20. The molecule has 0 unspecified atom stereocenters. The lowest BCUT2D eigenvalue weighted by Gasteiger charge is -2.33. The molecule has 9 heteroatoms. The standard InChI is InChI=1S/C18H19FN6O2/c19-14-2-4-15(5-3-14)26-13-16-22-17(27-23-16)12-24-8-10-25(11-9-24)18-20-6-1-7-21-18/h1-7H,8-13H2. The van der Waals surface area contributed by atoms with Gasteiger partial charge in [-0.1, -0.05) is 5.16 Å². The van der Waals surface area contributed by atoms with Crippen molar-refractivity contribution in [3.63, 3.8) is 0 Å². The fraction of sp³-hybridized carbons (Fsp3) is 0.333. The first-order valence-electron chi connectivity index (χ1n) is 8.70. The van der Waals surface area contributed by atoms with Crippen LogP contribution in [0.5, 0.6) is 5.75 Å². The Morgan fingerprint density at radius 3 is 2.52 bits per heavy atom. The van der Waals surface area contributed by atoms with Crippen LogP contribution in [0.25, 0.3) is 0 Å². The summed E-state index contributed by atoms with van der Waals surface area (Å²) in [7, 11) is 0. The van der Waals surface area contributed by atoms with Gasteiger partial charge in [-0.25, -0.2) is 14.4 Å². The molecule has 0 saturated carbocycles. The van der Waals surface area contributed by atoms with Crippen LogP contribution in [0.1, 0.15) is 11.7 Å². The Morgan fingerprint density at radius 1 is 1.04 bits per heavy atom. The molecule has 0 radical (unpaired) electrons. The van der Waals surface area contributed by atoms with Gasteiger partial charge < -0.3 is 14.2 Å². The van der Waals surface area contributed by atoms with Crippen LogP contribution in [0.15, 0.2) is 47.2 Å². The van der Waals surface area contributed by atoms with Gasteiger partial charge in [0, 0.05) is 38.6 Å². The number of anilines is 1. The van der Waals surface area contributed by atoms with E-state index in [0.29, 0.717) is 24.0 Å². The van der Waals surface area contributed by atoms with Crippen molar-refractivity contribution in [3.8, 4) is 5.75 Å². The van der Waals surface area contributed by atoms with Crippen LogP contribution in [-0.4, -0.2) is 51.2 Å². The zero-order chi connectivity index (χ0) is 18.5. The Balaban J connectivity index is 1.25. The molecule has 0 amide bonds. The maximum absolute atomic E-state index is 12.9. The highest BCUT2D eigenvalue weighted by Crippen LogP contribution is 2.14. The predicted molar refractivity (Wildman–Crippen MR) is 94.6 cm³/mol. The van der Waals surface area contributed by atoms with E-state index in [0.717, 1.165) is 32.1 Å². The summed E-state index contributed by atoms with van der Waals surface area (Å²) in [6.07, 6.45) is 3.51. The minimum atomic E-state index is -0.303. The fourth-order valence-corrected chi connectivity index (χ4v) is 2.84. The Bertz CT molecular complexity index is 850. The van der Waals surface area contributed by atoms with E-state index < -0.39 is 0 Å². The first-order valence-corrected chi connectivity index (χ1v) is 8.70. The summed E-state index contributed by atoms with van der Waals surface area (Å²) in [4.78, 5) is 17.3. The minimum absolute atomic E-state index is 0.175. The van der Waals surface area contributed by atoms with Crippen molar-refractivity contribution in [3.05, 3.63) is 60.3 Å². The highest BCUT2D eigenvalue weighted by molar-refractivity contribution is 5.29. The summed E-state index contributed by atoms with van der Waals surface area (Å²) in [5.41, 5.74) is 0. The second kappa shape index (κ2) is 8.09. The molecule has 3 heterocycles. The van der Waals surface area contributed by atoms with Crippen molar-refractivity contribution >= 4 is 5.95 Å². The lowest BCUT2D eigenvalue weighted by Crippen LogP contribution is -2.46. The molecule has 0 spiro atoms. The molecule has 27 heavy (non-hydrogen) atoms. The number of hydrogen-bond donors (Lipinski definition) is 0. The van der Waals surface area contributed by atoms with E-state index in [-0.39, 0.29) is 12.4 Å². The predicted octanol–water partition coefficient (Wildman–Crippen LogP) is 1.90. The number of halogens is 1. The average molecular weight is 370 g/mol. The van der Waals surface area contributed by atoms with Gasteiger partial charge >= 0.3 is 0 Å². The average Bonchev–Trinajstić information content (AvgIpc) is 3.16. The van der Waals surface area contributed by atoms with E-state index >= 15 is 0 Å². The van der Waals surface area contributed by atoms with Gasteiger partial charge in [-0.2, -0.15) is 4.98 Å². The van der Waals surface area contributed by atoms with E-state index in [1.165, 1.54) is 12.1 Å². The van der Waals surface area contributed by atoms with Gasteiger partial charge in [0.25, 0.3) is 0 Å². The summed E-state index contributed by atoms with van der Waals surface area (Å²) < 4.78 is 23.7. The van der Waals surface area contributed by atoms with Gasteiger partial charge in [-0.15, -0.1) is 0 Å². The van der Waals surface area contributed by atoms with Crippen LogP contribution >= 0.6 is 0 Å². The smallest absolute Gasteiger partial charge is 0.240 e. The van der Waals surface area contributed by atoms with E-state index in [9.17, 15) is 4.39 Å². The first kappa shape index (κ1) is 17.3. The largest absolute Gasteiger partial charge is 0.485 e. The Morgan fingerprint density at radius 2 is 1.78 bits per heavy atom. The molecule has 0 bridgehead atoms. The monoisotopic (exact) mass is 370 g/mol. The van der Waals surface area contributed by atoms with Gasteiger partial charge in [0.15, 0.2) is 6.61 Å². The van der Waals surface area contributed by atoms with Crippen LogP contribution in [-0.2, 0) is 13.2 Å². The molecule has 1 saturated heterocycles. The molecule has 140 valence electrons. The summed E-state index contributed by atoms with van der Waals surface area (Å²) >= 11 is 0. The molecule has 0 N–H and O–H groups in total. The number of benzene rings is 1. The zero-order valence-electron chi connectivity index (χ0n) is 14.7. The maximum Gasteiger partial charge on any atom is 0.240 e. The van der Waals surface area contributed by atoms with E-state index in [1.54, 1.807) is 24.5 Å². The van der Waals surface area contributed by atoms with Gasteiger partial charge in [0.2, 0.25) is 17.7 Å². The van der Waals surface area contributed by atoms with Gasteiger partial charge in [0.05, 0.1) is 6.54 Å². The third-order valence-corrected chi connectivity index (χ3v) is 4.26. The second-order valence-electron chi connectivity index (χ2n) is 6.16. The van der Waals surface area contributed by atoms with Crippen LogP contribution in [0.3, 0.4) is 0 Å². The Labute approximate surface area is 155 Å². The van der Waals surface area contributed by atoms with Gasteiger partial charge in [-0.05, 0) is 30.3 Å². The summed E-state index contributed by atoms with van der Waals surface area (Å²) in [5.74, 6) is 2.03. The SMILES string of the molecule is Fc1ccc(OCc2noc(CN3CCN(c4ncccn4)CC3)n2)cc1. The summed E-state index contributed by atoms with van der Waals surface area (Å²) in [6, 6.07) is 7.62. The number of ether oxygens (including phenoxy) is 1. The minimum Gasteiger partial charge on any atom is -0.485 e. The molecule has 3 aromatic rings. The highest BCUT2D eigenvalue weighted by Gasteiger charge is 2.20. The lowest BCUT2D eigenvalue weighted by atomic mass is 10.3. The van der Waals surface area contributed by atoms with Crippen LogP contribution < -0.4 is 9.64 Å². The molecule has 0 aliphatic carbocycles. The molecule has 8 nitrogen and oxygen atoms in total. The molecule has 4 rings (SSSR count). The molecule has 1 fully saturated rings. The van der Waals surface area contributed by atoms with Crippen molar-refractivity contribution in [2.24, 2.45) is 0 Å². The fourth-order valence-electron chi connectivity index (χ4n) is 2.84. The number of nitrogens with zero attached hydrogens (tertiary/aromatic N) is 6. The van der Waals surface area contributed by atoms with E-state index in [2.05, 4.69) is 29.9 Å². The van der Waals surface area contributed by atoms with Crippen molar-refractivity contribution in [1.82, 2.24) is 25.0 Å². The third-order valence-electron chi connectivity index (χ3n) is 4.26. The highest BCUT2D eigenvalue weighted by atomic mass is 19.1. The molecule has 0 atom stereocenters. The van der Waals surface area contributed by atoms with Crippen LogP contribution in [0.2, 0.25) is 0 Å².